The molecule has 0 spiro atoms. The summed E-state index contributed by atoms with van der Waals surface area (Å²) < 4.78 is 6.08. The van der Waals surface area contributed by atoms with E-state index in [1.54, 1.807) is 20.8 Å². The van der Waals surface area contributed by atoms with Gasteiger partial charge in [0.15, 0.2) is 0 Å². The standard InChI is InChI=1S/C12H16N2O5/c1-7(2)19-12(16)9(4)13-8(3)5-6-10(11(13)15)14(17)18/h5-7,9H,1-4H3. The highest BCUT2D eigenvalue weighted by Crippen LogP contribution is 2.13. The molecule has 0 aliphatic rings. The second kappa shape index (κ2) is 5.64. The van der Waals surface area contributed by atoms with E-state index >= 15 is 0 Å². The van der Waals surface area contributed by atoms with Crippen molar-refractivity contribution in [2.45, 2.75) is 39.8 Å². The first-order chi connectivity index (χ1) is 8.75. The van der Waals surface area contributed by atoms with Crippen LogP contribution in [0.3, 0.4) is 0 Å². The molecule has 1 heterocycles. The summed E-state index contributed by atoms with van der Waals surface area (Å²) >= 11 is 0. The first-order valence-electron chi connectivity index (χ1n) is 5.82. The van der Waals surface area contributed by atoms with Gasteiger partial charge in [0.2, 0.25) is 0 Å². The fourth-order valence-corrected chi connectivity index (χ4v) is 1.69. The maximum atomic E-state index is 12.0. The number of aromatic nitrogens is 1. The number of nitrogens with zero attached hydrogens (tertiary/aromatic N) is 2. The summed E-state index contributed by atoms with van der Waals surface area (Å²) in [6.07, 6.45) is -0.315. The Bertz CT molecular complexity index is 562. The summed E-state index contributed by atoms with van der Waals surface area (Å²) in [6, 6.07) is 1.66. The van der Waals surface area contributed by atoms with Gasteiger partial charge in [-0.1, -0.05) is 0 Å². The van der Waals surface area contributed by atoms with Crippen molar-refractivity contribution in [3.05, 3.63) is 38.3 Å². The van der Waals surface area contributed by atoms with Crippen LogP contribution in [0.2, 0.25) is 0 Å². The topological polar surface area (TPSA) is 91.4 Å². The molecule has 19 heavy (non-hydrogen) atoms. The number of carbonyl (C=O) groups is 1. The number of carbonyl (C=O) groups excluding carboxylic acids is 1. The Kier molecular flexibility index (Phi) is 4.42. The number of ether oxygens (including phenoxy) is 1. The third-order valence-corrected chi connectivity index (χ3v) is 2.58. The molecule has 0 bridgehead atoms. The van der Waals surface area contributed by atoms with Gasteiger partial charge in [0.1, 0.15) is 6.04 Å². The lowest BCUT2D eigenvalue weighted by molar-refractivity contribution is -0.386. The Balaban J connectivity index is 3.26. The molecule has 0 aliphatic carbocycles. The molecule has 1 atom stereocenters. The van der Waals surface area contributed by atoms with Gasteiger partial charge in [-0.25, -0.2) is 4.79 Å². The van der Waals surface area contributed by atoms with E-state index in [1.165, 1.54) is 13.0 Å². The van der Waals surface area contributed by atoms with Crippen molar-refractivity contribution in [2.24, 2.45) is 0 Å². The lowest BCUT2D eigenvalue weighted by atomic mass is 10.2. The minimum atomic E-state index is -0.908. The molecule has 7 heteroatoms. The number of pyridine rings is 1. The molecular formula is C12H16N2O5. The van der Waals surface area contributed by atoms with Crippen LogP contribution in [0.1, 0.15) is 32.5 Å². The lowest BCUT2D eigenvalue weighted by Gasteiger charge is -2.18. The number of nitro groups is 1. The Labute approximate surface area is 110 Å². The highest BCUT2D eigenvalue weighted by Gasteiger charge is 2.24. The molecule has 7 nitrogen and oxygen atoms in total. The maximum absolute atomic E-state index is 12.0. The van der Waals surface area contributed by atoms with Gasteiger partial charge < -0.3 is 4.74 Å². The molecule has 1 unspecified atom stereocenters. The average molecular weight is 268 g/mol. The molecule has 0 N–H and O–H groups in total. The first kappa shape index (κ1) is 14.9. The highest BCUT2D eigenvalue weighted by atomic mass is 16.6. The predicted octanol–water partition coefficient (Wildman–Crippen LogP) is 1.58. The van der Waals surface area contributed by atoms with Crippen LogP contribution in [0.25, 0.3) is 0 Å². The summed E-state index contributed by atoms with van der Waals surface area (Å²) in [7, 11) is 0. The molecule has 0 saturated heterocycles. The van der Waals surface area contributed by atoms with Gasteiger partial charge in [-0.05, 0) is 33.8 Å². The molecule has 0 aliphatic heterocycles. The Morgan fingerprint density at radius 1 is 1.37 bits per heavy atom. The zero-order valence-electron chi connectivity index (χ0n) is 11.2. The van der Waals surface area contributed by atoms with Gasteiger partial charge in [-0.2, -0.15) is 0 Å². The molecule has 0 aromatic carbocycles. The second-order valence-corrected chi connectivity index (χ2v) is 4.45. The molecule has 1 rings (SSSR count). The first-order valence-corrected chi connectivity index (χ1v) is 5.82. The summed E-state index contributed by atoms with van der Waals surface area (Å²) in [4.78, 5) is 33.7. The molecule has 1 aromatic heterocycles. The smallest absolute Gasteiger partial charge is 0.334 e. The molecule has 0 saturated carbocycles. The fourth-order valence-electron chi connectivity index (χ4n) is 1.69. The molecule has 0 radical (unpaired) electrons. The van der Waals surface area contributed by atoms with Crippen LogP contribution >= 0.6 is 0 Å². The van der Waals surface area contributed by atoms with E-state index in [4.69, 9.17) is 4.74 Å². The van der Waals surface area contributed by atoms with Gasteiger partial charge in [-0.15, -0.1) is 0 Å². The largest absolute Gasteiger partial charge is 0.461 e. The zero-order chi connectivity index (χ0) is 14.7. The summed E-state index contributed by atoms with van der Waals surface area (Å²) in [6.45, 7) is 6.45. The van der Waals surface area contributed by atoms with Crippen molar-refractivity contribution in [3.8, 4) is 0 Å². The van der Waals surface area contributed by atoms with Crippen LogP contribution in [-0.4, -0.2) is 21.6 Å². The van der Waals surface area contributed by atoms with Gasteiger partial charge >= 0.3 is 17.2 Å². The van der Waals surface area contributed by atoms with E-state index in [9.17, 15) is 19.7 Å². The SMILES string of the molecule is Cc1ccc([N+](=O)[O-])c(=O)n1C(C)C(=O)OC(C)C. The Hall–Kier alpha value is -2.18. The Morgan fingerprint density at radius 2 is 1.95 bits per heavy atom. The van der Waals surface area contributed by atoms with Crippen LogP contribution < -0.4 is 5.56 Å². The molecule has 104 valence electrons. The molecule has 0 amide bonds. The quantitative estimate of drug-likeness (QED) is 0.469. The van der Waals surface area contributed by atoms with Gasteiger partial charge in [-0.3, -0.25) is 19.5 Å². The van der Waals surface area contributed by atoms with E-state index in [2.05, 4.69) is 0 Å². The highest BCUT2D eigenvalue weighted by molar-refractivity contribution is 5.74. The number of hydrogen-bond acceptors (Lipinski definition) is 5. The maximum Gasteiger partial charge on any atom is 0.334 e. The van der Waals surface area contributed by atoms with Gasteiger partial charge in [0.25, 0.3) is 0 Å². The van der Waals surface area contributed by atoms with Gasteiger partial charge in [0, 0.05) is 11.8 Å². The zero-order valence-corrected chi connectivity index (χ0v) is 11.2. The lowest BCUT2D eigenvalue weighted by Crippen LogP contribution is -2.32. The van der Waals surface area contributed by atoms with Crippen LogP contribution in [0.4, 0.5) is 5.69 Å². The summed E-state index contributed by atoms with van der Waals surface area (Å²) in [5.74, 6) is -0.597. The third kappa shape index (κ3) is 3.18. The van der Waals surface area contributed by atoms with Crippen LogP contribution in [-0.2, 0) is 9.53 Å². The van der Waals surface area contributed by atoms with Crippen LogP contribution in [0, 0.1) is 17.0 Å². The third-order valence-electron chi connectivity index (χ3n) is 2.58. The number of rotatable bonds is 4. The molecule has 1 aromatic rings. The van der Waals surface area contributed by atoms with E-state index in [1.807, 2.05) is 0 Å². The summed E-state index contributed by atoms with van der Waals surface area (Å²) in [5.41, 5.74) is -0.906. The molecular weight excluding hydrogens is 252 g/mol. The van der Waals surface area contributed by atoms with Crippen molar-refractivity contribution in [3.63, 3.8) is 0 Å². The van der Waals surface area contributed by atoms with E-state index in [0.717, 1.165) is 10.6 Å². The van der Waals surface area contributed by atoms with Crippen molar-refractivity contribution >= 4 is 11.7 Å². The Morgan fingerprint density at radius 3 is 2.42 bits per heavy atom. The predicted molar refractivity (Wildman–Crippen MR) is 68.0 cm³/mol. The number of hydrogen-bond donors (Lipinski definition) is 0. The van der Waals surface area contributed by atoms with E-state index in [0.29, 0.717) is 5.69 Å². The number of aryl methyl sites for hydroxylation is 1. The van der Waals surface area contributed by atoms with E-state index < -0.39 is 28.2 Å². The van der Waals surface area contributed by atoms with E-state index in [-0.39, 0.29) is 6.10 Å². The normalized spacial score (nSPS) is 12.3. The minimum Gasteiger partial charge on any atom is -0.461 e. The van der Waals surface area contributed by atoms with Crippen LogP contribution in [0.15, 0.2) is 16.9 Å². The van der Waals surface area contributed by atoms with Crippen molar-refractivity contribution < 1.29 is 14.5 Å². The summed E-state index contributed by atoms with van der Waals surface area (Å²) in [5, 5.41) is 10.7. The average Bonchev–Trinajstić information content (AvgIpc) is 2.27. The molecule has 0 fully saturated rings. The monoisotopic (exact) mass is 268 g/mol. The van der Waals surface area contributed by atoms with Crippen molar-refractivity contribution in [1.82, 2.24) is 4.57 Å². The number of esters is 1. The van der Waals surface area contributed by atoms with Gasteiger partial charge in [0.05, 0.1) is 11.0 Å². The van der Waals surface area contributed by atoms with Crippen molar-refractivity contribution in [2.75, 3.05) is 0 Å². The van der Waals surface area contributed by atoms with Crippen molar-refractivity contribution in [1.29, 1.82) is 0 Å². The second-order valence-electron chi connectivity index (χ2n) is 4.45. The minimum absolute atomic E-state index is 0.315. The van der Waals surface area contributed by atoms with Crippen LogP contribution in [0.5, 0.6) is 0 Å². The fraction of sp³-hybridized carbons (Fsp3) is 0.500.